The highest BCUT2D eigenvalue weighted by Gasteiger charge is 2.29. The largest absolute Gasteiger partial charge is 0.445 e. The lowest BCUT2D eigenvalue weighted by Gasteiger charge is -2.25. The number of hydrogen-bond acceptors (Lipinski definition) is 4. The smallest absolute Gasteiger partial charge is 0.407 e. The van der Waals surface area contributed by atoms with Crippen molar-refractivity contribution in [1.29, 1.82) is 0 Å². The van der Waals surface area contributed by atoms with Crippen molar-refractivity contribution in [2.45, 2.75) is 53.7 Å². The Morgan fingerprint density at radius 1 is 1.14 bits per heavy atom. The SMILES string of the molecule is CC(C)C[C@H](NP(=O)(O)CNC(=O)OCc1ccccc1)C(=O)NCC(C)(C)C. The summed E-state index contributed by atoms with van der Waals surface area (Å²) in [5.74, 6) is -0.203. The molecule has 1 aromatic carbocycles. The average Bonchev–Trinajstić information content (AvgIpc) is 2.62. The molecule has 0 heterocycles. The minimum absolute atomic E-state index is 0.0566. The van der Waals surface area contributed by atoms with E-state index in [0.29, 0.717) is 13.0 Å². The number of benzene rings is 1. The molecule has 0 spiro atoms. The molecular weight excluding hydrogens is 393 g/mol. The third-order valence-corrected chi connectivity index (χ3v) is 5.13. The second-order valence-electron chi connectivity index (χ2n) is 8.69. The molecule has 29 heavy (non-hydrogen) atoms. The number of amides is 2. The number of ether oxygens (including phenoxy) is 1. The van der Waals surface area contributed by atoms with Crippen molar-refractivity contribution in [3.63, 3.8) is 0 Å². The Bertz CT molecular complexity index is 704. The van der Waals surface area contributed by atoms with Crippen LogP contribution in [0.5, 0.6) is 0 Å². The summed E-state index contributed by atoms with van der Waals surface area (Å²) in [6.07, 6.45) is -0.955. The number of hydrogen-bond donors (Lipinski definition) is 4. The lowest BCUT2D eigenvalue weighted by Crippen LogP contribution is -2.46. The molecule has 0 aliphatic heterocycles. The summed E-state index contributed by atoms with van der Waals surface area (Å²) in [6.45, 7) is 10.3. The molecule has 8 nitrogen and oxygen atoms in total. The van der Waals surface area contributed by atoms with Crippen LogP contribution in [0.4, 0.5) is 4.79 Å². The molecule has 9 heteroatoms. The first-order valence-electron chi connectivity index (χ1n) is 9.70. The summed E-state index contributed by atoms with van der Waals surface area (Å²) >= 11 is 0. The first-order valence-corrected chi connectivity index (χ1v) is 11.5. The molecule has 0 radical (unpaired) electrons. The van der Waals surface area contributed by atoms with Gasteiger partial charge in [0.15, 0.2) is 0 Å². The van der Waals surface area contributed by atoms with Gasteiger partial charge in [0.2, 0.25) is 5.91 Å². The summed E-state index contributed by atoms with van der Waals surface area (Å²) in [4.78, 5) is 34.5. The molecule has 0 saturated heterocycles. The van der Waals surface area contributed by atoms with Crippen LogP contribution in [0, 0.1) is 11.3 Å². The van der Waals surface area contributed by atoms with E-state index in [1.54, 1.807) is 12.1 Å². The van der Waals surface area contributed by atoms with E-state index in [0.717, 1.165) is 5.56 Å². The molecule has 0 aromatic heterocycles. The van der Waals surface area contributed by atoms with Crippen molar-refractivity contribution in [1.82, 2.24) is 15.7 Å². The first kappa shape index (κ1) is 25.1. The highest BCUT2D eigenvalue weighted by molar-refractivity contribution is 7.55. The van der Waals surface area contributed by atoms with Crippen LogP contribution in [0.2, 0.25) is 0 Å². The van der Waals surface area contributed by atoms with Gasteiger partial charge in [-0.1, -0.05) is 65.0 Å². The summed E-state index contributed by atoms with van der Waals surface area (Å²) in [5.41, 5.74) is 0.700. The summed E-state index contributed by atoms with van der Waals surface area (Å²) in [6, 6.07) is 8.26. The third-order valence-electron chi connectivity index (χ3n) is 3.82. The highest BCUT2D eigenvalue weighted by Crippen LogP contribution is 2.35. The van der Waals surface area contributed by atoms with Gasteiger partial charge in [-0.05, 0) is 23.3 Å². The lowest BCUT2D eigenvalue weighted by molar-refractivity contribution is -0.123. The zero-order chi connectivity index (χ0) is 22.1. The van der Waals surface area contributed by atoms with Crippen LogP contribution in [-0.4, -0.2) is 35.8 Å². The van der Waals surface area contributed by atoms with Crippen LogP contribution >= 0.6 is 7.52 Å². The quantitative estimate of drug-likeness (QED) is 0.426. The Hall–Kier alpha value is -1.89. The highest BCUT2D eigenvalue weighted by atomic mass is 31.2. The van der Waals surface area contributed by atoms with E-state index in [-0.39, 0.29) is 23.8 Å². The van der Waals surface area contributed by atoms with Gasteiger partial charge in [0, 0.05) is 6.54 Å². The van der Waals surface area contributed by atoms with Gasteiger partial charge in [-0.25, -0.2) is 9.88 Å². The molecule has 164 valence electrons. The number of rotatable bonds is 10. The predicted molar refractivity (Wildman–Crippen MR) is 113 cm³/mol. The Morgan fingerprint density at radius 3 is 2.31 bits per heavy atom. The van der Waals surface area contributed by atoms with Crippen LogP contribution in [0.1, 0.15) is 46.6 Å². The monoisotopic (exact) mass is 427 g/mol. The molecule has 1 rings (SSSR count). The Morgan fingerprint density at radius 2 is 1.76 bits per heavy atom. The molecule has 0 aliphatic carbocycles. The van der Waals surface area contributed by atoms with Gasteiger partial charge < -0.3 is 20.3 Å². The van der Waals surface area contributed by atoms with Crippen molar-refractivity contribution < 1.29 is 23.8 Å². The minimum Gasteiger partial charge on any atom is -0.445 e. The molecule has 2 atom stereocenters. The number of carbonyl (C=O) groups is 2. The van der Waals surface area contributed by atoms with Gasteiger partial charge in [0.25, 0.3) is 7.52 Å². The number of carbonyl (C=O) groups excluding carboxylic acids is 2. The molecule has 2 amide bonds. The van der Waals surface area contributed by atoms with Gasteiger partial charge >= 0.3 is 6.09 Å². The zero-order valence-corrected chi connectivity index (χ0v) is 18.8. The van der Waals surface area contributed by atoms with Crippen LogP contribution in [-0.2, 0) is 20.7 Å². The molecule has 0 aliphatic rings. The van der Waals surface area contributed by atoms with Crippen molar-refractivity contribution in [2.75, 3.05) is 12.8 Å². The van der Waals surface area contributed by atoms with Crippen molar-refractivity contribution in [2.24, 2.45) is 11.3 Å². The maximum Gasteiger partial charge on any atom is 0.407 e. The molecular formula is C20H34N3O5P. The maximum atomic E-state index is 12.5. The van der Waals surface area contributed by atoms with Gasteiger partial charge in [0.1, 0.15) is 12.9 Å². The second kappa shape index (κ2) is 11.3. The van der Waals surface area contributed by atoms with Crippen LogP contribution in [0.3, 0.4) is 0 Å². The number of nitrogens with one attached hydrogen (secondary N) is 3. The average molecular weight is 427 g/mol. The molecule has 1 aromatic rings. The second-order valence-corrected chi connectivity index (χ2v) is 10.7. The molecule has 0 bridgehead atoms. The van der Waals surface area contributed by atoms with Crippen molar-refractivity contribution in [3.8, 4) is 0 Å². The molecule has 4 N–H and O–H groups in total. The standard InChI is InChI=1S/C20H34N3O5P/c1-15(2)11-17(18(24)21-13-20(3,4)5)23-29(26,27)14-22-19(25)28-12-16-9-7-6-8-10-16/h6-10,15,17H,11-14H2,1-5H3,(H,21,24)(H,22,25)(H2,23,26,27)/t17-/m0/s1. The minimum atomic E-state index is -4.00. The van der Waals surface area contributed by atoms with Crippen LogP contribution in [0.25, 0.3) is 0 Å². The van der Waals surface area contributed by atoms with Crippen LogP contribution < -0.4 is 15.7 Å². The normalized spacial score (nSPS) is 14.7. The lowest BCUT2D eigenvalue weighted by atomic mass is 9.96. The maximum absolute atomic E-state index is 12.5. The van der Waals surface area contributed by atoms with E-state index in [2.05, 4.69) is 15.7 Å². The number of alkyl carbamates (subject to hydrolysis) is 1. The fourth-order valence-corrected chi connectivity index (χ4v) is 3.54. The van der Waals surface area contributed by atoms with Crippen molar-refractivity contribution in [3.05, 3.63) is 35.9 Å². The summed E-state index contributed by atoms with van der Waals surface area (Å²) in [7, 11) is -4.00. The molecule has 1 unspecified atom stereocenters. The fourth-order valence-electron chi connectivity index (χ4n) is 2.40. The van der Waals surface area contributed by atoms with E-state index in [9.17, 15) is 19.0 Å². The van der Waals surface area contributed by atoms with E-state index in [1.807, 2.05) is 52.8 Å². The summed E-state index contributed by atoms with van der Waals surface area (Å²) in [5, 5.41) is 7.61. The van der Waals surface area contributed by atoms with E-state index in [1.165, 1.54) is 0 Å². The van der Waals surface area contributed by atoms with E-state index in [4.69, 9.17) is 4.74 Å². The van der Waals surface area contributed by atoms with E-state index >= 15 is 0 Å². The van der Waals surface area contributed by atoms with E-state index < -0.39 is 25.9 Å². The van der Waals surface area contributed by atoms with Crippen molar-refractivity contribution >= 4 is 19.5 Å². The fraction of sp³-hybridized carbons (Fsp3) is 0.600. The van der Waals surface area contributed by atoms with Crippen LogP contribution in [0.15, 0.2) is 30.3 Å². The topological polar surface area (TPSA) is 117 Å². The first-order chi connectivity index (χ1) is 13.4. The third kappa shape index (κ3) is 11.6. The Labute approximate surface area is 173 Å². The van der Waals surface area contributed by atoms with Gasteiger partial charge in [-0.3, -0.25) is 9.36 Å². The van der Waals surface area contributed by atoms with Gasteiger partial charge in [-0.2, -0.15) is 0 Å². The Kier molecular flexibility index (Phi) is 9.83. The molecule has 0 saturated carbocycles. The summed E-state index contributed by atoms with van der Waals surface area (Å²) < 4.78 is 17.5. The predicted octanol–water partition coefficient (Wildman–Crippen LogP) is 3.22. The molecule has 0 fully saturated rings. The zero-order valence-electron chi connectivity index (χ0n) is 17.9. The van der Waals surface area contributed by atoms with Gasteiger partial charge in [0.05, 0.1) is 6.04 Å². The Balaban J connectivity index is 2.56. The van der Waals surface area contributed by atoms with Gasteiger partial charge in [-0.15, -0.1) is 0 Å².